The summed E-state index contributed by atoms with van der Waals surface area (Å²) in [5.41, 5.74) is 0.941. The van der Waals surface area contributed by atoms with Gasteiger partial charge in [-0.15, -0.1) is 11.8 Å². The van der Waals surface area contributed by atoms with E-state index in [0.717, 1.165) is 12.2 Å². The van der Waals surface area contributed by atoms with Crippen LogP contribution in [0.25, 0.3) is 16.8 Å². The van der Waals surface area contributed by atoms with Gasteiger partial charge in [0.05, 0.1) is 25.0 Å². The van der Waals surface area contributed by atoms with E-state index in [1.165, 1.54) is 28.5 Å². The number of rotatable bonds is 5. The van der Waals surface area contributed by atoms with Crippen molar-refractivity contribution in [3.05, 3.63) is 41.2 Å². The van der Waals surface area contributed by atoms with Crippen molar-refractivity contribution in [3.8, 4) is 11.1 Å². The van der Waals surface area contributed by atoms with E-state index in [4.69, 9.17) is 16.3 Å². The molecule has 1 saturated heterocycles. The number of hydrogen-bond donors (Lipinski definition) is 1. The van der Waals surface area contributed by atoms with Crippen molar-refractivity contribution in [2.75, 3.05) is 24.3 Å². The smallest absolute Gasteiger partial charge is 0.166 e. The normalized spacial score (nSPS) is 17.0. The number of aromatic nitrogens is 3. The van der Waals surface area contributed by atoms with Crippen LogP contribution in [0.3, 0.4) is 0 Å². The second kappa shape index (κ2) is 7.61. The molecular formula is C18H17ClF2N4OS. The van der Waals surface area contributed by atoms with Crippen molar-refractivity contribution in [1.82, 2.24) is 14.6 Å². The first kappa shape index (κ1) is 18.5. The van der Waals surface area contributed by atoms with E-state index in [0.29, 0.717) is 40.2 Å². The van der Waals surface area contributed by atoms with Crippen LogP contribution in [0.1, 0.15) is 13.3 Å². The maximum absolute atomic E-state index is 14.5. The van der Waals surface area contributed by atoms with Crippen LogP contribution < -0.4 is 5.32 Å². The fourth-order valence-electron chi connectivity index (χ4n) is 3.03. The van der Waals surface area contributed by atoms with Crippen LogP contribution >= 0.6 is 23.4 Å². The van der Waals surface area contributed by atoms with Crippen molar-refractivity contribution in [1.29, 1.82) is 0 Å². The summed E-state index contributed by atoms with van der Waals surface area (Å²) in [5, 5.41) is 7.84. The Balaban J connectivity index is 1.80. The van der Waals surface area contributed by atoms with Gasteiger partial charge in [0.25, 0.3) is 0 Å². The van der Waals surface area contributed by atoms with E-state index in [1.54, 1.807) is 12.3 Å². The van der Waals surface area contributed by atoms with Crippen molar-refractivity contribution in [2.24, 2.45) is 0 Å². The average Bonchev–Trinajstić information content (AvgIpc) is 3.28. The summed E-state index contributed by atoms with van der Waals surface area (Å²) < 4.78 is 35.4. The third-order valence-electron chi connectivity index (χ3n) is 4.32. The Kier molecular flexibility index (Phi) is 5.21. The summed E-state index contributed by atoms with van der Waals surface area (Å²) in [4.78, 5) is 5.18. The first-order valence-electron chi connectivity index (χ1n) is 8.57. The minimum Gasteiger partial charge on any atom is -0.379 e. The standard InChI is InChI=1S/C18H17ClF2N4OS/c1-2-27-11-5-12(16(21)15(20)6-11)13-7-22-25-8-14(19)17(24-18(13)25)23-10-3-4-26-9-10/h5-8,10H,2-4,9H2,1H3,(H,23,24). The lowest BCUT2D eigenvalue weighted by atomic mass is 10.1. The third kappa shape index (κ3) is 3.61. The number of fused-ring (bicyclic) bond motifs is 1. The SMILES string of the molecule is CCSc1cc(F)c(F)c(-c2cnn3cc(Cl)c(NC4CCOC4)nc23)c1. The molecule has 142 valence electrons. The Morgan fingerprint density at radius 1 is 1.37 bits per heavy atom. The van der Waals surface area contributed by atoms with Gasteiger partial charge in [-0.05, 0) is 24.3 Å². The Morgan fingerprint density at radius 3 is 2.96 bits per heavy atom. The summed E-state index contributed by atoms with van der Waals surface area (Å²) in [6.07, 6.45) is 3.93. The molecule has 0 amide bonds. The van der Waals surface area contributed by atoms with Crippen molar-refractivity contribution < 1.29 is 13.5 Å². The quantitative estimate of drug-likeness (QED) is 0.621. The Bertz CT molecular complexity index is 991. The van der Waals surface area contributed by atoms with E-state index in [-0.39, 0.29) is 11.6 Å². The molecular weight excluding hydrogens is 394 g/mol. The van der Waals surface area contributed by atoms with E-state index in [9.17, 15) is 8.78 Å². The topological polar surface area (TPSA) is 51.5 Å². The highest BCUT2D eigenvalue weighted by molar-refractivity contribution is 7.99. The van der Waals surface area contributed by atoms with E-state index in [2.05, 4.69) is 15.4 Å². The molecule has 0 spiro atoms. The van der Waals surface area contributed by atoms with Crippen molar-refractivity contribution in [3.63, 3.8) is 0 Å². The first-order chi connectivity index (χ1) is 13.1. The van der Waals surface area contributed by atoms with Crippen molar-refractivity contribution >= 4 is 34.8 Å². The molecule has 27 heavy (non-hydrogen) atoms. The maximum Gasteiger partial charge on any atom is 0.166 e. The molecule has 3 aromatic rings. The molecule has 0 aliphatic carbocycles. The van der Waals surface area contributed by atoms with Gasteiger partial charge in [-0.2, -0.15) is 5.10 Å². The number of nitrogens with zero attached hydrogens (tertiary/aromatic N) is 3. The highest BCUT2D eigenvalue weighted by Crippen LogP contribution is 2.33. The number of hydrogen-bond acceptors (Lipinski definition) is 5. The predicted octanol–water partition coefficient (Wildman–Crippen LogP) is 4.64. The number of nitrogens with one attached hydrogen (secondary N) is 1. The van der Waals surface area contributed by atoms with Gasteiger partial charge in [0.15, 0.2) is 17.3 Å². The zero-order valence-corrected chi connectivity index (χ0v) is 16.1. The largest absolute Gasteiger partial charge is 0.379 e. The lowest BCUT2D eigenvalue weighted by molar-refractivity contribution is 0.195. The second-order valence-electron chi connectivity index (χ2n) is 6.17. The van der Waals surface area contributed by atoms with Gasteiger partial charge in [0, 0.05) is 22.6 Å². The number of halogens is 3. The number of anilines is 1. The van der Waals surface area contributed by atoms with Crippen LogP contribution in [-0.2, 0) is 4.74 Å². The number of thioether (sulfide) groups is 1. The number of benzene rings is 1. The Hall–Kier alpha value is -1.90. The second-order valence-corrected chi connectivity index (χ2v) is 7.91. The zero-order chi connectivity index (χ0) is 19.0. The highest BCUT2D eigenvalue weighted by atomic mass is 35.5. The molecule has 4 rings (SSSR count). The Labute approximate surface area is 164 Å². The van der Waals surface area contributed by atoms with Crippen LogP contribution in [0.15, 0.2) is 29.4 Å². The first-order valence-corrected chi connectivity index (χ1v) is 9.93. The summed E-state index contributed by atoms with van der Waals surface area (Å²) in [7, 11) is 0. The van der Waals surface area contributed by atoms with Crippen LogP contribution in [0.2, 0.25) is 5.02 Å². The summed E-state index contributed by atoms with van der Waals surface area (Å²) >= 11 is 7.74. The van der Waals surface area contributed by atoms with Crippen molar-refractivity contribution in [2.45, 2.75) is 24.3 Å². The summed E-state index contributed by atoms with van der Waals surface area (Å²) in [5.74, 6) is -0.578. The van der Waals surface area contributed by atoms with Crippen LogP contribution in [0.4, 0.5) is 14.6 Å². The number of ether oxygens (including phenoxy) is 1. The molecule has 1 unspecified atom stereocenters. The maximum atomic E-state index is 14.5. The molecule has 1 fully saturated rings. The molecule has 1 aromatic carbocycles. The fourth-order valence-corrected chi connectivity index (χ4v) is 3.94. The molecule has 0 radical (unpaired) electrons. The van der Waals surface area contributed by atoms with Gasteiger partial charge in [-0.3, -0.25) is 0 Å². The molecule has 5 nitrogen and oxygen atoms in total. The van der Waals surface area contributed by atoms with Gasteiger partial charge < -0.3 is 10.1 Å². The molecule has 0 saturated carbocycles. The van der Waals surface area contributed by atoms with E-state index in [1.807, 2.05) is 6.92 Å². The van der Waals surface area contributed by atoms with Gasteiger partial charge in [-0.1, -0.05) is 18.5 Å². The lowest BCUT2D eigenvalue weighted by Crippen LogP contribution is -2.20. The molecule has 1 atom stereocenters. The highest BCUT2D eigenvalue weighted by Gasteiger charge is 2.21. The van der Waals surface area contributed by atoms with Gasteiger partial charge in [0.2, 0.25) is 0 Å². The van der Waals surface area contributed by atoms with Gasteiger partial charge in [-0.25, -0.2) is 18.3 Å². The van der Waals surface area contributed by atoms with Crippen LogP contribution in [0.5, 0.6) is 0 Å². The lowest BCUT2D eigenvalue weighted by Gasteiger charge is -2.13. The summed E-state index contributed by atoms with van der Waals surface area (Å²) in [6, 6.07) is 2.94. The Morgan fingerprint density at radius 2 is 2.22 bits per heavy atom. The van der Waals surface area contributed by atoms with E-state index < -0.39 is 11.6 Å². The van der Waals surface area contributed by atoms with Gasteiger partial charge in [0.1, 0.15) is 10.8 Å². The minimum atomic E-state index is -0.916. The van der Waals surface area contributed by atoms with Crippen LogP contribution in [0, 0.1) is 11.6 Å². The fraction of sp³-hybridized carbons (Fsp3) is 0.333. The molecule has 1 N–H and O–H groups in total. The average molecular weight is 411 g/mol. The molecule has 1 aliphatic heterocycles. The minimum absolute atomic E-state index is 0.113. The van der Waals surface area contributed by atoms with Crippen LogP contribution in [-0.4, -0.2) is 39.6 Å². The predicted molar refractivity (Wildman–Crippen MR) is 103 cm³/mol. The zero-order valence-electron chi connectivity index (χ0n) is 14.5. The molecule has 3 heterocycles. The summed E-state index contributed by atoms with van der Waals surface area (Å²) in [6.45, 7) is 3.21. The molecule has 1 aliphatic rings. The van der Waals surface area contributed by atoms with Gasteiger partial charge >= 0.3 is 0 Å². The monoisotopic (exact) mass is 410 g/mol. The third-order valence-corrected chi connectivity index (χ3v) is 5.46. The van der Waals surface area contributed by atoms with E-state index >= 15 is 0 Å². The molecule has 0 bridgehead atoms. The molecule has 9 heteroatoms. The molecule has 2 aromatic heterocycles.